The third-order valence-corrected chi connectivity index (χ3v) is 6.18. The first kappa shape index (κ1) is 15.1. The molecule has 0 aliphatic rings. The van der Waals surface area contributed by atoms with Crippen LogP contribution in [0.2, 0.25) is 0 Å². The number of fused-ring (bicyclic) bond motifs is 12. The van der Waals surface area contributed by atoms with Crippen molar-refractivity contribution in [2.24, 2.45) is 0 Å². The minimum absolute atomic E-state index is 1.01. The van der Waals surface area contributed by atoms with Gasteiger partial charge in [0.1, 0.15) is 5.65 Å². The molecule has 3 aromatic heterocycles. The third-order valence-electron chi connectivity index (χ3n) is 6.18. The van der Waals surface area contributed by atoms with Gasteiger partial charge in [0.25, 0.3) is 0 Å². The lowest BCUT2D eigenvalue weighted by molar-refractivity contribution is 1.22. The zero-order valence-corrected chi connectivity index (χ0v) is 15.6. The average molecular weight is 368 g/mol. The average Bonchev–Trinajstić information content (AvgIpc) is 3.18. The molecule has 0 saturated carbocycles. The topological polar surface area (TPSA) is 17.3 Å². The lowest BCUT2D eigenvalue weighted by Gasteiger charge is -2.13. The van der Waals surface area contributed by atoms with E-state index >= 15 is 0 Å². The van der Waals surface area contributed by atoms with E-state index in [9.17, 15) is 0 Å². The van der Waals surface area contributed by atoms with Gasteiger partial charge in [0.2, 0.25) is 0 Å². The van der Waals surface area contributed by atoms with Crippen molar-refractivity contribution in [1.82, 2.24) is 9.38 Å². The van der Waals surface area contributed by atoms with E-state index in [-0.39, 0.29) is 0 Å². The maximum Gasteiger partial charge on any atom is 0.145 e. The number of nitrogens with zero attached hydrogens (tertiary/aromatic N) is 2. The smallest absolute Gasteiger partial charge is 0.145 e. The molecule has 0 aliphatic carbocycles. The number of benzene rings is 4. The second-order valence-corrected chi connectivity index (χ2v) is 7.68. The van der Waals surface area contributed by atoms with Crippen LogP contribution < -0.4 is 0 Å². The quantitative estimate of drug-likeness (QED) is 0.261. The number of hydrogen-bond acceptors (Lipinski definition) is 1. The van der Waals surface area contributed by atoms with Gasteiger partial charge in [-0.25, -0.2) is 4.98 Å². The van der Waals surface area contributed by atoms with Crippen molar-refractivity contribution in [2.45, 2.75) is 0 Å². The van der Waals surface area contributed by atoms with Gasteiger partial charge in [-0.3, -0.25) is 4.40 Å². The molecule has 3 heterocycles. The molecule has 0 aliphatic heterocycles. The number of rotatable bonds is 0. The van der Waals surface area contributed by atoms with Crippen molar-refractivity contribution in [3.63, 3.8) is 0 Å². The maximum absolute atomic E-state index is 4.76. The molecule has 7 rings (SSSR count). The van der Waals surface area contributed by atoms with Crippen LogP contribution in [0.4, 0.5) is 0 Å². The summed E-state index contributed by atoms with van der Waals surface area (Å²) in [6.07, 6.45) is 4.11. The summed E-state index contributed by atoms with van der Waals surface area (Å²) >= 11 is 0. The highest BCUT2D eigenvalue weighted by atomic mass is 15.0. The van der Waals surface area contributed by atoms with E-state index in [1.807, 2.05) is 12.3 Å². The van der Waals surface area contributed by atoms with Crippen molar-refractivity contribution in [3.8, 4) is 0 Å². The van der Waals surface area contributed by atoms with Gasteiger partial charge in [-0.05, 0) is 39.1 Å². The second kappa shape index (κ2) is 5.33. The number of aromatic nitrogens is 2. The molecule has 2 nitrogen and oxygen atoms in total. The fraction of sp³-hybridized carbons (Fsp3) is 0. The fourth-order valence-electron chi connectivity index (χ4n) is 4.95. The first-order valence-corrected chi connectivity index (χ1v) is 9.91. The third kappa shape index (κ3) is 1.88. The van der Waals surface area contributed by atoms with E-state index in [1.165, 1.54) is 54.0 Å². The van der Waals surface area contributed by atoms with Crippen LogP contribution in [0.5, 0.6) is 0 Å². The van der Waals surface area contributed by atoms with Crippen LogP contribution in [0.1, 0.15) is 0 Å². The van der Waals surface area contributed by atoms with Crippen molar-refractivity contribution in [1.29, 1.82) is 0 Å². The normalized spacial score (nSPS) is 12.1. The van der Waals surface area contributed by atoms with Gasteiger partial charge in [0, 0.05) is 33.9 Å². The summed E-state index contributed by atoms with van der Waals surface area (Å²) in [5.74, 6) is 0. The van der Waals surface area contributed by atoms with E-state index in [4.69, 9.17) is 4.98 Å². The maximum atomic E-state index is 4.76. The standard InChI is InChI=1S/C27H16N2/c1-3-8-20-17(6-1)11-12-18-13-14-22-23-10-5-15-28-27(23)29-16-19-7-2-4-9-21(19)26(29)25(22)24(18)20/h1-16H. The molecule has 0 atom stereocenters. The minimum Gasteiger partial charge on any atom is -0.299 e. The van der Waals surface area contributed by atoms with Gasteiger partial charge in [0.05, 0.1) is 5.52 Å². The van der Waals surface area contributed by atoms with Gasteiger partial charge in [-0.15, -0.1) is 0 Å². The molecule has 0 saturated heterocycles. The van der Waals surface area contributed by atoms with Crippen LogP contribution in [0.3, 0.4) is 0 Å². The predicted molar refractivity (Wildman–Crippen MR) is 123 cm³/mol. The first-order chi connectivity index (χ1) is 14.4. The predicted octanol–water partition coefficient (Wildman–Crippen LogP) is 7.10. The Morgan fingerprint density at radius 3 is 2.17 bits per heavy atom. The van der Waals surface area contributed by atoms with Crippen LogP contribution in [0.15, 0.2) is 97.3 Å². The van der Waals surface area contributed by atoms with Gasteiger partial charge < -0.3 is 0 Å². The summed E-state index contributed by atoms with van der Waals surface area (Å²) in [6, 6.07) is 30.5. The molecule has 0 unspecified atom stereocenters. The summed E-state index contributed by atoms with van der Waals surface area (Å²) in [6.45, 7) is 0. The van der Waals surface area contributed by atoms with E-state index in [0.717, 1.165) is 5.65 Å². The van der Waals surface area contributed by atoms with Crippen molar-refractivity contribution in [3.05, 3.63) is 97.3 Å². The molecule has 2 heteroatoms. The molecular weight excluding hydrogens is 352 g/mol. The lowest BCUT2D eigenvalue weighted by atomic mass is 9.94. The molecule has 4 aromatic carbocycles. The highest BCUT2D eigenvalue weighted by Crippen LogP contribution is 2.40. The highest BCUT2D eigenvalue weighted by molar-refractivity contribution is 6.31. The Hall–Kier alpha value is -3.91. The summed E-state index contributed by atoms with van der Waals surface area (Å²) in [5.41, 5.74) is 2.24. The zero-order chi connectivity index (χ0) is 18.9. The molecule has 0 fully saturated rings. The molecule has 134 valence electrons. The van der Waals surface area contributed by atoms with Crippen molar-refractivity contribution >= 4 is 59.6 Å². The lowest BCUT2D eigenvalue weighted by Crippen LogP contribution is -1.93. The summed E-state index contributed by atoms with van der Waals surface area (Å²) < 4.78 is 2.28. The molecule has 0 spiro atoms. The minimum atomic E-state index is 1.01. The van der Waals surface area contributed by atoms with E-state index in [2.05, 4.69) is 89.5 Å². The van der Waals surface area contributed by atoms with Gasteiger partial charge in [0.15, 0.2) is 0 Å². The first-order valence-electron chi connectivity index (χ1n) is 9.91. The van der Waals surface area contributed by atoms with E-state index < -0.39 is 0 Å². The van der Waals surface area contributed by atoms with Gasteiger partial charge >= 0.3 is 0 Å². The monoisotopic (exact) mass is 368 g/mol. The Kier molecular flexibility index (Phi) is 2.77. The summed E-state index contributed by atoms with van der Waals surface area (Å²) in [4.78, 5) is 4.76. The van der Waals surface area contributed by atoms with Crippen LogP contribution in [0.25, 0.3) is 59.6 Å². The van der Waals surface area contributed by atoms with Crippen LogP contribution in [-0.4, -0.2) is 9.38 Å². The largest absolute Gasteiger partial charge is 0.299 e. The Balaban J connectivity index is 1.95. The molecule has 7 aromatic rings. The molecule has 0 radical (unpaired) electrons. The number of pyridine rings is 2. The van der Waals surface area contributed by atoms with Crippen LogP contribution >= 0.6 is 0 Å². The molecule has 0 amide bonds. The van der Waals surface area contributed by atoms with Crippen molar-refractivity contribution in [2.75, 3.05) is 0 Å². The van der Waals surface area contributed by atoms with Gasteiger partial charge in [-0.2, -0.15) is 0 Å². The number of hydrogen-bond donors (Lipinski definition) is 0. The fourth-order valence-corrected chi connectivity index (χ4v) is 4.95. The van der Waals surface area contributed by atoms with Crippen LogP contribution in [0, 0.1) is 0 Å². The van der Waals surface area contributed by atoms with E-state index in [1.54, 1.807) is 0 Å². The highest BCUT2D eigenvalue weighted by Gasteiger charge is 2.16. The summed E-state index contributed by atoms with van der Waals surface area (Å²) in [5, 5.41) is 11.4. The molecule has 29 heavy (non-hydrogen) atoms. The van der Waals surface area contributed by atoms with Gasteiger partial charge in [-0.1, -0.05) is 72.8 Å². The van der Waals surface area contributed by atoms with Crippen LogP contribution in [-0.2, 0) is 0 Å². The Labute approximate surface area is 166 Å². The Morgan fingerprint density at radius 2 is 1.24 bits per heavy atom. The second-order valence-electron chi connectivity index (χ2n) is 7.68. The zero-order valence-electron chi connectivity index (χ0n) is 15.6. The molecular formula is C27H16N2. The van der Waals surface area contributed by atoms with Crippen molar-refractivity contribution < 1.29 is 0 Å². The van der Waals surface area contributed by atoms with E-state index in [0.29, 0.717) is 0 Å². The molecule has 0 N–H and O–H groups in total. The Bertz CT molecular complexity index is 1760. The summed E-state index contributed by atoms with van der Waals surface area (Å²) in [7, 11) is 0. The Morgan fingerprint density at radius 1 is 0.517 bits per heavy atom. The molecule has 0 bridgehead atoms. The SMILES string of the molecule is c1ccc2c(c1)ccc1ccc3c4cccnc4n4cc5ccccc5c4c3c12.